The maximum absolute atomic E-state index is 12.8. The standard InChI is InChI=1S/C20H20N2O6S/c1-15-11-18(7-8-19(15)22(24)25)28-13-20(23)21(12-16-5-3-2-4-6-16)17-9-10-29(26,27)14-17/h2-11,17H,12-14H2,1H3/t17-/m1/s1. The molecule has 0 unspecified atom stereocenters. The van der Waals surface area contributed by atoms with Gasteiger partial charge in [0.25, 0.3) is 11.6 Å². The Balaban J connectivity index is 1.73. The molecule has 1 aliphatic heterocycles. The number of benzene rings is 2. The van der Waals surface area contributed by atoms with Crippen molar-refractivity contribution in [3.8, 4) is 5.75 Å². The number of ether oxygens (including phenoxy) is 1. The van der Waals surface area contributed by atoms with E-state index in [1.807, 2.05) is 30.3 Å². The Kier molecular flexibility index (Phi) is 5.97. The van der Waals surface area contributed by atoms with E-state index in [0.717, 1.165) is 11.0 Å². The van der Waals surface area contributed by atoms with Gasteiger partial charge in [0.15, 0.2) is 16.4 Å². The van der Waals surface area contributed by atoms with Crippen molar-refractivity contribution < 1.29 is 22.9 Å². The fraction of sp³-hybridized carbons (Fsp3) is 0.250. The lowest BCUT2D eigenvalue weighted by molar-refractivity contribution is -0.385. The monoisotopic (exact) mass is 416 g/mol. The number of sulfone groups is 1. The van der Waals surface area contributed by atoms with Crippen LogP contribution in [0.2, 0.25) is 0 Å². The zero-order chi connectivity index (χ0) is 21.0. The molecule has 0 saturated carbocycles. The average Bonchev–Trinajstić information content (AvgIpc) is 3.04. The number of carbonyl (C=O) groups is 1. The Hall–Kier alpha value is -3.20. The second kappa shape index (κ2) is 8.44. The maximum Gasteiger partial charge on any atom is 0.272 e. The third-order valence-electron chi connectivity index (χ3n) is 4.55. The van der Waals surface area contributed by atoms with Gasteiger partial charge in [0.05, 0.1) is 16.7 Å². The first-order valence-electron chi connectivity index (χ1n) is 8.87. The number of hydrogen-bond acceptors (Lipinski definition) is 6. The van der Waals surface area contributed by atoms with Gasteiger partial charge in [0.2, 0.25) is 0 Å². The van der Waals surface area contributed by atoms with E-state index in [4.69, 9.17) is 4.74 Å². The molecule has 152 valence electrons. The van der Waals surface area contributed by atoms with E-state index in [1.54, 1.807) is 6.92 Å². The van der Waals surface area contributed by atoms with Crippen molar-refractivity contribution >= 4 is 21.4 Å². The van der Waals surface area contributed by atoms with E-state index in [2.05, 4.69) is 0 Å². The Morgan fingerprint density at radius 2 is 1.97 bits per heavy atom. The molecular weight excluding hydrogens is 396 g/mol. The van der Waals surface area contributed by atoms with E-state index >= 15 is 0 Å². The molecule has 0 spiro atoms. The molecule has 1 atom stereocenters. The molecule has 0 aliphatic carbocycles. The quantitative estimate of drug-likeness (QED) is 0.507. The van der Waals surface area contributed by atoms with Crippen molar-refractivity contribution in [2.45, 2.75) is 19.5 Å². The Labute approximate surface area is 168 Å². The smallest absolute Gasteiger partial charge is 0.272 e. The third kappa shape index (κ3) is 5.20. The molecule has 0 radical (unpaired) electrons. The predicted octanol–water partition coefficient (Wildman–Crippen LogP) is 2.62. The van der Waals surface area contributed by atoms with Crippen LogP contribution in [-0.4, -0.2) is 42.5 Å². The van der Waals surface area contributed by atoms with Gasteiger partial charge in [-0.1, -0.05) is 30.3 Å². The number of aryl methyl sites for hydroxylation is 1. The van der Waals surface area contributed by atoms with Crippen LogP contribution >= 0.6 is 0 Å². The first-order valence-corrected chi connectivity index (χ1v) is 10.6. The topological polar surface area (TPSA) is 107 Å². The lowest BCUT2D eigenvalue weighted by Crippen LogP contribution is -2.42. The summed E-state index contributed by atoms with van der Waals surface area (Å²) in [5.41, 5.74) is 1.26. The second-order valence-corrected chi connectivity index (χ2v) is 8.66. The number of nitro groups is 1. The van der Waals surface area contributed by atoms with Gasteiger partial charge in [-0.2, -0.15) is 0 Å². The number of nitro benzene ring substituents is 1. The van der Waals surface area contributed by atoms with Crippen molar-refractivity contribution in [2.24, 2.45) is 0 Å². The second-order valence-electron chi connectivity index (χ2n) is 6.73. The van der Waals surface area contributed by atoms with Crippen molar-refractivity contribution in [3.05, 3.63) is 81.3 Å². The highest BCUT2D eigenvalue weighted by molar-refractivity contribution is 7.94. The van der Waals surface area contributed by atoms with Gasteiger partial charge < -0.3 is 9.64 Å². The summed E-state index contributed by atoms with van der Waals surface area (Å²) in [5, 5.41) is 12.0. The van der Waals surface area contributed by atoms with Gasteiger partial charge in [0.1, 0.15) is 5.75 Å². The number of rotatable bonds is 7. The van der Waals surface area contributed by atoms with Crippen LogP contribution in [0.4, 0.5) is 5.69 Å². The lowest BCUT2D eigenvalue weighted by Gasteiger charge is -2.27. The molecule has 0 fully saturated rings. The predicted molar refractivity (Wildman–Crippen MR) is 107 cm³/mol. The molecule has 0 N–H and O–H groups in total. The van der Waals surface area contributed by atoms with Crippen LogP contribution in [0.25, 0.3) is 0 Å². The van der Waals surface area contributed by atoms with Crippen molar-refractivity contribution in [1.82, 2.24) is 4.90 Å². The van der Waals surface area contributed by atoms with Gasteiger partial charge in [-0.3, -0.25) is 14.9 Å². The summed E-state index contributed by atoms with van der Waals surface area (Å²) in [6.07, 6.45) is 1.51. The highest BCUT2D eigenvalue weighted by Gasteiger charge is 2.30. The van der Waals surface area contributed by atoms with Crippen LogP contribution in [0, 0.1) is 17.0 Å². The fourth-order valence-electron chi connectivity index (χ4n) is 3.07. The zero-order valence-corrected chi connectivity index (χ0v) is 16.5. The summed E-state index contributed by atoms with van der Waals surface area (Å²) in [6.45, 7) is 1.52. The molecule has 1 amide bonds. The molecule has 2 aromatic carbocycles. The first-order chi connectivity index (χ1) is 13.7. The zero-order valence-electron chi connectivity index (χ0n) is 15.7. The summed E-state index contributed by atoms with van der Waals surface area (Å²) in [6, 6.07) is 12.9. The van der Waals surface area contributed by atoms with Crippen molar-refractivity contribution in [1.29, 1.82) is 0 Å². The van der Waals surface area contributed by atoms with Crippen LogP contribution in [0.5, 0.6) is 5.75 Å². The molecule has 1 heterocycles. The van der Waals surface area contributed by atoms with E-state index in [9.17, 15) is 23.3 Å². The highest BCUT2D eigenvalue weighted by atomic mass is 32.2. The van der Waals surface area contributed by atoms with Gasteiger partial charge in [-0.25, -0.2) is 8.42 Å². The van der Waals surface area contributed by atoms with Gasteiger partial charge >= 0.3 is 0 Å². The molecule has 9 heteroatoms. The van der Waals surface area contributed by atoms with Gasteiger partial charge in [-0.15, -0.1) is 0 Å². The molecule has 29 heavy (non-hydrogen) atoms. The molecule has 0 aromatic heterocycles. The minimum Gasteiger partial charge on any atom is -0.484 e. The Morgan fingerprint density at radius 1 is 1.24 bits per heavy atom. The minimum absolute atomic E-state index is 0.0318. The van der Waals surface area contributed by atoms with Crippen LogP contribution < -0.4 is 4.74 Å². The largest absolute Gasteiger partial charge is 0.484 e. The van der Waals surface area contributed by atoms with Crippen LogP contribution in [0.15, 0.2) is 60.0 Å². The fourth-order valence-corrected chi connectivity index (χ4v) is 4.37. The lowest BCUT2D eigenvalue weighted by atomic mass is 10.1. The molecule has 2 aromatic rings. The summed E-state index contributed by atoms with van der Waals surface area (Å²) in [4.78, 5) is 24.7. The molecule has 3 rings (SSSR count). The number of carbonyl (C=O) groups excluding carboxylic acids is 1. The van der Waals surface area contributed by atoms with Crippen molar-refractivity contribution in [2.75, 3.05) is 12.4 Å². The van der Waals surface area contributed by atoms with Crippen molar-refractivity contribution in [3.63, 3.8) is 0 Å². The third-order valence-corrected chi connectivity index (χ3v) is 5.93. The average molecular weight is 416 g/mol. The number of amides is 1. The summed E-state index contributed by atoms with van der Waals surface area (Å²) < 4.78 is 29.2. The van der Waals surface area contributed by atoms with E-state index < -0.39 is 20.8 Å². The SMILES string of the molecule is Cc1cc(OCC(=O)N(Cc2ccccc2)[C@@H]2C=CS(=O)(=O)C2)ccc1[N+](=O)[O-]. The van der Waals surface area contributed by atoms with Crippen LogP contribution in [0.3, 0.4) is 0 Å². The molecule has 0 bridgehead atoms. The molecule has 1 aliphatic rings. The van der Waals surface area contributed by atoms with E-state index in [1.165, 1.54) is 29.2 Å². The minimum atomic E-state index is -3.33. The molecule has 0 saturated heterocycles. The maximum atomic E-state index is 12.8. The Bertz CT molecular complexity index is 1050. The van der Waals surface area contributed by atoms with Gasteiger partial charge in [0, 0.05) is 23.6 Å². The number of hydrogen-bond donors (Lipinski definition) is 0. The normalized spacial score (nSPS) is 17.1. The Morgan fingerprint density at radius 3 is 2.55 bits per heavy atom. The number of nitrogens with zero attached hydrogens (tertiary/aromatic N) is 2. The van der Waals surface area contributed by atoms with Crippen LogP contribution in [0.1, 0.15) is 11.1 Å². The molecular formula is C20H20N2O6S. The molecule has 8 nitrogen and oxygen atoms in total. The first kappa shape index (κ1) is 20.5. The highest BCUT2D eigenvalue weighted by Crippen LogP contribution is 2.23. The summed E-state index contributed by atoms with van der Waals surface area (Å²) in [7, 11) is -3.33. The van der Waals surface area contributed by atoms with Crippen LogP contribution in [-0.2, 0) is 21.2 Å². The van der Waals surface area contributed by atoms with Gasteiger partial charge in [-0.05, 0) is 30.7 Å². The summed E-state index contributed by atoms with van der Waals surface area (Å²) in [5.74, 6) is -0.213. The van der Waals surface area contributed by atoms with E-state index in [-0.39, 0.29) is 30.5 Å². The summed E-state index contributed by atoms with van der Waals surface area (Å²) >= 11 is 0. The van der Waals surface area contributed by atoms with E-state index in [0.29, 0.717) is 11.3 Å².